The van der Waals surface area contributed by atoms with E-state index in [1.54, 1.807) is 24.5 Å². The number of hydrogen-bond acceptors (Lipinski definition) is 5. The molecule has 0 aliphatic heterocycles. The molecule has 0 spiro atoms. The van der Waals surface area contributed by atoms with Gasteiger partial charge >= 0.3 is 0 Å². The molecule has 1 amide bonds. The van der Waals surface area contributed by atoms with Crippen LogP contribution in [0.5, 0.6) is 0 Å². The largest absolute Gasteiger partial charge is 0.348 e. The molecule has 0 aliphatic carbocycles. The molecule has 0 atom stereocenters. The van der Waals surface area contributed by atoms with E-state index in [4.69, 9.17) is 0 Å². The minimum Gasteiger partial charge on any atom is -0.348 e. The average molecular weight is 395 g/mol. The predicted octanol–water partition coefficient (Wildman–Crippen LogP) is 4.15. The van der Waals surface area contributed by atoms with Gasteiger partial charge in [0.05, 0.1) is 17.0 Å². The Balaban J connectivity index is 1.54. The number of nitrogens with zero attached hydrogens (tertiary/aromatic N) is 4. The fraction of sp³-hybridized carbons (Fsp3) is 0.125. The highest BCUT2D eigenvalue weighted by atomic mass is 16.1. The molecule has 0 unspecified atom stereocenters. The number of aryl methyl sites for hydroxylation is 2. The van der Waals surface area contributed by atoms with E-state index in [1.807, 2.05) is 62.5 Å². The van der Waals surface area contributed by atoms with Crippen molar-refractivity contribution in [2.75, 3.05) is 0 Å². The maximum absolute atomic E-state index is 12.4. The van der Waals surface area contributed by atoms with Gasteiger partial charge in [-0.2, -0.15) is 0 Å². The first-order valence-electron chi connectivity index (χ1n) is 9.66. The Hall–Kier alpha value is -3.93. The maximum atomic E-state index is 12.4. The number of nitrogens with one attached hydrogen (secondary N) is 1. The molecule has 0 saturated heterocycles. The minimum atomic E-state index is -0.131. The van der Waals surface area contributed by atoms with Crippen LogP contribution in [0.4, 0.5) is 0 Å². The van der Waals surface area contributed by atoms with Crippen LogP contribution in [0.1, 0.15) is 27.4 Å². The molecule has 30 heavy (non-hydrogen) atoms. The molecule has 0 saturated carbocycles. The summed E-state index contributed by atoms with van der Waals surface area (Å²) in [5.41, 5.74) is 5.82. The smallest absolute Gasteiger partial charge is 0.253 e. The second kappa shape index (κ2) is 8.61. The number of carbonyl (C=O) groups is 1. The first-order valence-corrected chi connectivity index (χ1v) is 9.66. The summed E-state index contributed by atoms with van der Waals surface area (Å²) in [7, 11) is 0. The summed E-state index contributed by atoms with van der Waals surface area (Å²) in [5, 5.41) is 2.95. The molecule has 0 bridgehead atoms. The molecule has 4 rings (SSSR count). The summed E-state index contributed by atoms with van der Waals surface area (Å²) in [5.74, 6) is 0.571. The van der Waals surface area contributed by atoms with Crippen LogP contribution in [0, 0.1) is 13.8 Å². The second-order valence-electron chi connectivity index (χ2n) is 6.91. The summed E-state index contributed by atoms with van der Waals surface area (Å²) in [6.45, 7) is 4.13. The van der Waals surface area contributed by atoms with Crippen LogP contribution in [-0.4, -0.2) is 25.8 Å². The van der Waals surface area contributed by atoms with E-state index in [1.165, 1.54) is 0 Å². The van der Waals surface area contributed by atoms with Crippen molar-refractivity contribution in [1.82, 2.24) is 25.3 Å². The van der Waals surface area contributed by atoms with Gasteiger partial charge in [0, 0.05) is 42.0 Å². The molecule has 3 heterocycles. The lowest BCUT2D eigenvalue weighted by molar-refractivity contribution is 0.0950. The van der Waals surface area contributed by atoms with Crippen molar-refractivity contribution in [3.05, 3.63) is 95.8 Å². The van der Waals surface area contributed by atoms with Gasteiger partial charge < -0.3 is 5.32 Å². The Morgan fingerprint density at radius 3 is 2.43 bits per heavy atom. The molecule has 6 nitrogen and oxygen atoms in total. The predicted molar refractivity (Wildman–Crippen MR) is 116 cm³/mol. The Bertz CT molecular complexity index is 1170. The van der Waals surface area contributed by atoms with Crippen LogP contribution >= 0.6 is 0 Å². The molecule has 0 radical (unpaired) electrons. The number of rotatable bonds is 5. The fourth-order valence-corrected chi connectivity index (χ4v) is 3.18. The molecule has 0 aliphatic rings. The van der Waals surface area contributed by atoms with Crippen molar-refractivity contribution in [2.24, 2.45) is 0 Å². The van der Waals surface area contributed by atoms with Crippen molar-refractivity contribution in [3.8, 4) is 22.5 Å². The van der Waals surface area contributed by atoms with E-state index in [0.29, 0.717) is 23.6 Å². The zero-order chi connectivity index (χ0) is 20.9. The molecule has 4 aromatic rings. The molecular formula is C24H21N5O. The lowest BCUT2D eigenvalue weighted by Gasteiger charge is -2.10. The normalized spacial score (nSPS) is 10.6. The Morgan fingerprint density at radius 2 is 1.70 bits per heavy atom. The fourth-order valence-electron chi connectivity index (χ4n) is 3.18. The molecule has 1 N–H and O–H groups in total. The molecular weight excluding hydrogens is 374 g/mol. The zero-order valence-corrected chi connectivity index (χ0v) is 16.8. The monoisotopic (exact) mass is 395 g/mol. The topological polar surface area (TPSA) is 80.7 Å². The number of aromatic nitrogens is 4. The van der Waals surface area contributed by atoms with Gasteiger partial charge in [0.2, 0.25) is 0 Å². The van der Waals surface area contributed by atoms with Gasteiger partial charge in [0.15, 0.2) is 0 Å². The van der Waals surface area contributed by atoms with Gasteiger partial charge in [0.1, 0.15) is 5.82 Å². The lowest BCUT2D eigenvalue weighted by Crippen LogP contribution is -2.23. The highest BCUT2D eigenvalue weighted by molar-refractivity contribution is 5.95. The summed E-state index contributed by atoms with van der Waals surface area (Å²) in [6, 6.07) is 17.3. The summed E-state index contributed by atoms with van der Waals surface area (Å²) >= 11 is 0. The van der Waals surface area contributed by atoms with E-state index in [9.17, 15) is 4.79 Å². The third kappa shape index (κ3) is 4.22. The third-order valence-corrected chi connectivity index (χ3v) is 4.78. The standard InChI is InChI=1S/C24H21N5O/c1-16-20(6-5-13-25-16)24(30)28-14-18-8-10-19(11-9-18)23-21(15-27-17(2)29-23)22-7-3-4-12-26-22/h3-13,15H,14H2,1-2H3,(H,28,30). The van der Waals surface area contributed by atoms with Crippen molar-refractivity contribution in [1.29, 1.82) is 0 Å². The van der Waals surface area contributed by atoms with E-state index in [0.717, 1.165) is 28.1 Å². The van der Waals surface area contributed by atoms with Crippen LogP contribution < -0.4 is 5.32 Å². The number of benzene rings is 1. The number of hydrogen-bond donors (Lipinski definition) is 1. The van der Waals surface area contributed by atoms with Crippen molar-refractivity contribution in [2.45, 2.75) is 20.4 Å². The van der Waals surface area contributed by atoms with E-state index >= 15 is 0 Å². The Morgan fingerprint density at radius 1 is 0.900 bits per heavy atom. The quantitative estimate of drug-likeness (QED) is 0.549. The van der Waals surface area contributed by atoms with Gasteiger partial charge in [-0.3, -0.25) is 14.8 Å². The van der Waals surface area contributed by atoms with Crippen molar-refractivity contribution >= 4 is 5.91 Å². The minimum absolute atomic E-state index is 0.131. The van der Waals surface area contributed by atoms with Crippen molar-refractivity contribution in [3.63, 3.8) is 0 Å². The van der Waals surface area contributed by atoms with Crippen LogP contribution in [0.15, 0.2) is 73.2 Å². The summed E-state index contributed by atoms with van der Waals surface area (Å²) in [4.78, 5) is 30.0. The summed E-state index contributed by atoms with van der Waals surface area (Å²) in [6.07, 6.45) is 5.25. The van der Waals surface area contributed by atoms with Gasteiger partial charge in [0.25, 0.3) is 5.91 Å². The molecule has 1 aromatic carbocycles. The summed E-state index contributed by atoms with van der Waals surface area (Å²) < 4.78 is 0. The van der Waals surface area contributed by atoms with Crippen LogP contribution in [0.25, 0.3) is 22.5 Å². The van der Waals surface area contributed by atoms with Crippen LogP contribution in [0.3, 0.4) is 0 Å². The van der Waals surface area contributed by atoms with Gasteiger partial charge in [-0.05, 0) is 43.7 Å². The van der Waals surface area contributed by atoms with Gasteiger partial charge in [-0.25, -0.2) is 9.97 Å². The van der Waals surface area contributed by atoms with Crippen LogP contribution in [-0.2, 0) is 6.54 Å². The maximum Gasteiger partial charge on any atom is 0.253 e. The number of amides is 1. The molecule has 148 valence electrons. The average Bonchev–Trinajstić information content (AvgIpc) is 2.79. The highest BCUT2D eigenvalue weighted by Crippen LogP contribution is 2.28. The SMILES string of the molecule is Cc1ncc(-c2ccccn2)c(-c2ccc(CNC(=O)c3cccnc3C)cc2)n1. The molecule has 0 fully saturated rings. The van der Waals surface area contributed by atoms with E-state index in [-0.39, 0.29) is 5.91 Å². The van der Waals surface area contributed by atoms with E-state index in [2.05, 4.69) is 25.3 Å². The van der Waals surface area contributed by atoms with Gasteiger partial charge in [-0.1, -0.05) is 30.3 Å². The Kier molecular flexibility index (Phi) is 5.57. The first kappa shape index (κ1) is 19.4. The number of pyridine rings is 2. The van der Waals surface area contributed by atoms with E-state index < -0.39 is 0 Å². The zero-order valence-electron chi connectivity index (χ0n) is 16.8. The third-order valence-electron chi connectivity index (χ3n) is 4.78. The van der Waals surface area contributed by atoms with Gasteiger partial charge in [-0.15, -0.1) is 0 Å². The lowest BCUT2D eigenvalue weighted by atomic mass is 10.0. The number of carbonyl (C=O) groups excluding carboxylic acids is 1. The first-order chi connectivity index (χ1) is 14.6. The molecule has 6 heteroatoms. The van der Waals surface area contributed by atoms with Crippen molar-refractivity contribution < 1.29 is 4.79 Å². The Labute approximate surface area is 175 Å². The second-order valence-corrected chi connectivity index (χ2v) is 6.91. The van der Waals surface area contributed by atoms with Crippen LogP contribution in [0.2, 0.25) is 0 Å². The highest BCUT2D eigenvalue weighted by Gasteiger charge is 2.12. The molecule has 3 aromatic heterocycles.